The molecule has 100 valence electrons. The van der Waals surface area contributed by atoms with E-state index in [9.17, 15) is 4.79 Å². The van der Waals surface area contributed by atoms with Crippen LogP contribution in [-0.4, -0.2) is 31.7 Å². The predicted octanol–water partition coefficient (Wildman–Crippen LogP) is 1.44. The molecule has 0 saturated carbocycles. The summed E-state index contributed by atoms with van der Waals surface area (Å²) in [5.74, 6) is -0.00818. The minimum atomic E-state index is -0.349. The van der Waals surface area contributed by atoms with E-state index in [0.717, 1.165) is 51.9 Å². The molecule has 0 aliphatic carbocycles. The Labute approximate surface area is 104 Å². The number of carbonyl (C=O) groups is 1. The Morgan fingerprint density at radius 3 is 2.71 bits per heavy atom. The first-order valence-corrected chi connectivity index (χ1v) is 6.68. The van der Waals surface area contributed by atoms with Crippen LogP contribution < -0.4 is 11.1 Å². The number of amides is 1. The van der Waals surface area contributed by atoms with Crippen molar-refractivity contribution >= 4 is 5.91 Å². The second-order valence-electron chi connectivity index (χ2n) is 5.39. The first kappa shape index (κ1) is 14.5. The Hall–Kier alpha value is -0.610. The highest BCUT2D eigenvalue weighted by atomic mass is 16.5. The quantitative estimate of drug-likeness (QED) is 0.740. The van der Waals surface area contributed by atoms with Gasteiger partial charge in [0, 0.05) is 19.8 Å². The SMILES string of the molecule is CCCCC(N)C(=O)NCC1(C)CCOCC1. The normalized spacial score (nSPS) is 20.9. The fourth-order valence-electron chi connectivity index (χ4n) is 2.03. The Morgan fingerprint density at radius 2 is 2.12 bits per heavy atom. The van der Waals surface area contributed by atoms with Gasteiger partial charge >= 0.3 is 0 Å². The molecule has 4 nitrogen and oxygen atoms in total. The Kier molecular flexibility index (Phi) is 5.92. The molecule has 1 rings (SSSR count). The minimum absolute atomic E-state index is 0.00818. The van der Waals surface area contributed by atoms with E-state index >= 15 is 0 Å². The van der Waals surface area contributed by atoms with Crippen molar-refractivity contribution in [2.75, 3.05) is 19.8 Å². The van der Waals surface area contributed by atoms with Crippen LogP contribution >= 0.6 is 0 Å². The van der Waals surface area contributed by atoms with Gasteiger partial charge in [-0.25, -0.2) is 0 Å². The first-order chi connectivity index (χ1) is 8.07. The highest BCUT2D eigenvalue weighted by Gasteiger charge is 2.28. The van der Waals surface area contributed by atoms with Gasteiger partial charge < -0.3 is 15.8 Å². The van der Waals surface area contributed by atoms with Crippen LogP contribution in [0.2, 0.25) is 0 Å². The molecule has 3 N–H and O–H groups in total. The van der Waals surface area contributed by atoms with Gasteiger partial charge in [0.2, 0.25) is 5.91 Å². The molecule has 4 heteroatoms. The second-order valence-corrected chi connectivity index (χ2v) is 5.39. The lowest BCUT2D eigenvalue weighted by Gasteiger charge is -2.33. The van der Waals surface area contributed by atoms with E-state index < -0.39 is 0 Å². The lowest BCUT2D eigenvalue weighted by Crippen LogP contribution is -2.46. The lowest BCUT2D eigenvalue weighted by molar-refractivity contribution is -0.123. The molecular weight excluding hydrogens is 216 g/mol. The van der Waals surface area contributed by atoms with E-state index in [1.165, 1.54) is 0 Å². The minimum Gasteiger partial charge on any atom is -0.381 e. The van der Waals surface area contributed by atoms with Gasteiger partial charge in [0.1, 0.15) is 0 Å². The molecule has 17 heavy (non-hydrogen) atoms. The average molecular weight is 242 g/mol. The van der Waals surface area contributed by atoms with Gasteiger partial charge in [-0.3, -0.25) is 4.79 Å². The number of carbonyl (C=O) groups excluding carboxylic acids is 1. The Bertz CT molecular complexity index is 238. The third kappa shape index (κ3) is 5.04. The van der Waals surface area contributed by atoms with E-state index in [-0.39, 0.29) is 17.4 Å². The molecule has 1 aliphatic rings. The monoisotopic (exact) mass is 242 g/mol. The van der Waals surface area contributed by atoms with Crippen molar-refractivity contribution in [3.63, 3.8) is 0 Å². The number of hydrogen-bond donors (Lipinski definition) is 2. The van der Waals surface area contributed by atoms with Gasteiger partial charge in [0.05, 0.1) is 6.04 Å². The number of unbranched alkanes of at least 4 members (excludes halogenated alkanes) is 1. The molecule has 1 unspecified atom stereocenters. The summed E-state index contributed by atoms with van der Waals surface area (Å²) in [5, 5.41) is 2.98. The number of nitrogens with two attached hydrogens (primary N) is 1. The summed E-state index contributed by atoms with van der Waals surface area (Å²) < 4.78 is 5.33. The Morgan fingerprint density at radius 1 is 1.47 bits per heavy atom. The standard InChI is InChI=1S/C13H26N2O2/c1-3-4-5-11(14)12(16)15-10-13(2)6-8-17-9-7-13/h11H,3-10,14H2,1-2H3,(H,15,16). The first-order valence-electron chi connectivity index (χ1n) is 6.68. The summed E-state index contributed by atoms with van der Waals surface area (Å²) in [6.07, 6.45) is 4.90. The van der Waals surface area contributed by atoms with Gasteiger partial charge in [0.25, 0.3) is 0 Å². The maximum Gasteiger partial charge on any atom is 0.236 e. The molecule has 0 aromatic carbocycles. The molecule has 1 aliphatic heterocycles. The third-order valence-corrected chi connectivity index (χ3v) is 3.59. The largest absolute Gasteiger partial charge is 0.381 e. The molecule has 1 saturated heterocycles. The van der Waals surface area contributed by atoms with Crippen molar-refractivity contribution in [1.29, 1.82) is 0 Å². The highest BCUT2D eigenvalue weighted by Crippen LogP contribution is 2.28. The zero-order valence-electron chi connectivity index (χ0n) is 11.1. The molecule has 1 fully saturated rings. The maximum atomic E-state index is 11.8. The number of hydrogen-bond acceptors (Lipinski definition) is 3. The fraction of sp³-hybridized carbons (Fsp3) is 0.923. The van der Waals surface area contributed by atoms with Crippen LogP contribution in [0.4, 0.5) is 0 Å². The van der Waals surface area contributed by atoms with Crippen LogP contribution in [-0.2, 0) is 9.53 Å². The zero-order valence-corrected chi connectivity index (χ0v) is 11.1. The van der Waals surface area contributed by atoms with E-state index in [4.69, 9.17) is 10.5 Å². The number of nitrogens with one attached hydrogen (secondary N) is 1. The summed E-state index contributed by atoms with van der Waals surface area (Å²) in [7, 11) is 0. The molecule has 0 aromatic rings. The van der Waals surface area contributed by atoms with Crippen LogP contribution in [0.25, 0.3) is 0 Å². The summed E-state index contributed by atoms with van der Waals surface area (Å²) in [6.45, 7) is 6.62. The molecule has 0 aromatic heterocycles. The predicted molar refractivity (Wildman–Crippen MR) is 68.7 cm³/mol. The van der Waals surface area contributed by atoms with Gasteiger partial charge in [0.15, 0.2) is 0 Å². The maximum absolute atomic E-state index is 11.8. The van der Waals surface area contributed by atoms with Crippen molar-refractivity contribution in [3.05, 3.63) is 0 Å². The second kappa shape index (κ2) is 6.97. The highest BCUT2D eigenvalue weighted by molar-refractivity contribution is 5.81. The molecule has 0 spiro atoms. The van der Waals surface area contributed by atoms with E-state index in [0.29, 0.717) is 0 Å². The molecular formula is C13H26N2O2. The van der Waals surface area contributed by atoms with Crippen LogP contribution in [0.3, 0.4) is 0 Å². The van der Waals surface area contributed by atoms with Crippen molar-refractivity contribution in [1.82, 2.24) is 5.32 Å². The lowest BCUT2D eigenvalue weighted by atomic mass is 9.82. The molecule has 0 bridgehead atoms. The zero-order chi connectivity index (χ0) is 12.7. The smallest absolute Gasteiger partial charge is 0.236 e. The average Bonchev–Trinajstić information content (AvgIpc) is 2.34. The summed E-state index contributed by atoms with van der Waals surface area (Å²) in [5.41, 5.74) is 6.00. The number of rotatable bonds is 6. The molecule has 1 amide bonds. The van der Waals surface area contributed by atoms with Gasteiger partial charge in [-0.05, 0) is 24.7 Å². The van der Waals surface area contributed by atoms with Crippen LogP contribution in [0.5, 0.6) is 0 Å². The van der Waals surface area contributed by atoms with Crippen LogP contribution in [0, 0.1) is 5.41 Å². The van der Waals surface area contributed by atoms with Crippen molar-refractivity contribution in [2.24, 2.45) is 11.1 Å². The Balaban J connectivity index is 2.26. The molecule has 0 radical (unpaired) electrons. The number of ether oxygens (including phenoxy) is 1. The van der Waals surface area contributed by atoms with Gasteiger partial charge in [-0.15, -0.1) is 0 Å². The van der Waals surface area contributed by atoms with Gasteiger partial charge in [-0.1, -0.05) is 26.7 Å². The summed E-state index contributed by atoms with van der Waals surface area (Å²) in [6, 6.07) is -0.349. The van der Waals surface area contributed by atoms with Crippen molar-refractivity contribution in [3.8, 4) is 0 Å². The topological polar surface area (TPSA) is 64.4 Å². The van der Waals surface area contributed by atoms with Crippen molar-refractivity contribution < 1.29 is 9.53 Å². The van der Waals surface area contributed by atoms with E-state index in [1.54, 1.807) is 0 Å². The third-order valence-electron chi connectivity index (χ3n) is 3.59. The van der Waals surface area contributed by atoms with Crippen LogP contribution in [0.1, 0.15) is 46.0 Å². The van der Waals surface area contributed by atoms with Gasteiger partial charge in [-0.2, -0.15) is 0 Å². The van der Waals surface area contributed by atoms with E-state index in [2.05, 4.69) is 19.2 Å². The van der Waals surface area contributed by atoms with Crippen LogP contribution in [0.15, 0.2) is 0 Å². The summed E-state index contributed by atoms with van der Waals surface area (Å²) in [4.78, 5) is 11.8. The molecule has 1 heterocycles. The van der Waals surface area contributed by atoms with Crippen molar-refractivity contribution in [2.45, 2.75) is 52.0 Å². The fourth-order valence-corrected chi connectivity index (χ4v) is 2.03. The summed E-state index contributed by atoms with van der Waals surface area (Å²) >= 11 is 0. The molecule has 1 atom stereocenters. The van der Waals surface area contributed by atoms with E-state index in [1.807, 2.05) is 0 Å².